The highest BCUT2D eigenvalue weighted by Crippen LogP contribution is 2.63. The molecule has 1 atom stereocenters. The Kier molecular flexibility index (Phi) is 6.69. The first-order valence-electron chi connectivity index (χ1n) is 14.4. The van der Waals surface area contributed by atoms with E-state index in [2.05, 4.69) is 46.6 Å². The molecule has 2 spiro atoms. The van der Waals surface area contributed by atoms with Gasteiger partial charge in [-0.1, -0.05) is 44.2 Å². The Morgan fingerprint density at radius 1 is 1.07 bits per heavy atom. The first-order valence-corrected chi connectivity index (χ1v) is 15.9. The number of rotatable bonds is 3. The molecule has 1 aliphatic carbocycles. The van der Waals surface area contributed by atoms with Gasteiger partial charge in [0, 0.05) is 29.5 Å². The van der Waals surface area contributed by atoms with Crippen LogP contribution in [0.1, 0.15) is 56.2 Å². The van der Waals surface area contributed by atoms with Crippen molar-refractivity contribution < 1.29 is 13.2 Å². The number of fused-ring (bicyclic) bond motifs is 5. The third-order valence-corrected chi connectivity index (χ3v) is 10.7. The molecule has 3 aromatic rings. The Morgan fingerprint density at radius 2 is 1.80 bits per heavy atom. The van der Waals surface area contributed by atoms with E-state index in [0.29, 0.717) is 24.1 Å². The highest BCUT2D eigenvalue weighted by Gasteiger charge is 2.60. The van der Waals surface area contributed by atoms with Crippen LogP contribution >= 0.6 is 0 Å². The summed E-state index contributed by atoms with van der Waals surface area (Å²) in [4.78, 5) is 11.9. The monoisotopic (exact) mass is 560 g/mol. The number of sulfonamides is 1. The van der Waals surface area contributed by atoms with E-state index in [1.165, 1.54) is 6.42 Å². The van der Waals surface area contributed by atoms with Crippen molar-refractivity contribution in [3.05, 3.63) is 65.2 Å². The molecule has 1 N–H and O–H groups in total. The minimum atomic E-state index is -3.92. The van der Waals surface area contributed by atoms with E-state index >= 15 is 0 Å². The summed E-state index contributed by atoms with van der Waals surface area (Å²) in [5, 5.41) is 0. The molecule has 0 amide bonds. The Labute approximate surface area is 238 Å². The lowest BCUT2D eigenvalue weighted by atomic mass is 9.45. The summed E-state index contributed by atoms with van der Waals surface area (Å²) < 4.78 is 36.6. The minimum Gasteiger partial charge on any atom is -0.477 e. The predicted octanol–water partition coefficient (Wildman–Crippen LogP) is 5.97. The second kappa shape index (κ2) is 9.84. The Morgan fingerprint density at radius 3 is 2.48 bits per heavy atom. The van der Waals surface area contributed by atoms with E-state index in [4.69, 9.17) is 4.74 Å². The Balaban J connectivity index is 1.49. The fourth-order valence-corrected chi connectivity index (χ4v) is 8.70. The number of hydrogen-bond donors (Lipinski definition) is 1. The van der Waals surface area contributed by atoms with E-state index < -0.39 is 10.0 Å². The van der Waals surface area contributed by atoms with Gasteiger partial charge in [-0.05, 0) is 93.3 Å². The predicted molar refractivity (Wildman–Crippen MR) is 158 cm³/mol. The molecule has 2 aromatic carbocycles. The SMILES string of the molecule is Cc1cccc(C)c1-c1cc2nc(n1)NS(=O)(=O)c1cccc(c1)C1(CC3(CCN(C)C3)C1)[C@H](CC(C)C)CO2. The van der Waals surface area contributed by atoms with Crippen molar-refractivity contribution in [2.75, 3.05) is 31.5 Å². The van der Waals surface area contributed by atoms with Gasteiger partial charge in [0.1, 0.15) is 0 Å². The van der Waals surface area contributed by atoms with Gasteiger partial charge in [-0.3, -0.25) is 0 Å². The number of nitrogens with one attached hydrogen (secondary N) is 1. The van der Waals surface area contributed by atoms with E-state index in [-0.39, 0.29) is 27.6 Å². The number of nitrogens with zero attached hydrogens (tertiary/aromatic N) is 3. The first kappa shape index (κ1) is 27.2. The summed E-state index contributed by atoms with van der Waals surface area (Å²) in [6.45, 7) is 11.3. The number of likely N-dealkylation sites (tertiary alicyclic amines) is 1. The summed E-state index contributed by atoms with van der Waals surface area (Å²) >= 11 is 0. The molecule has 40 heavy (non-hydrogen) atoms. The number of hydrogen-bond acceptors (Lipinski definition) is 6. The lowest BCUT2D eigenvalue weighted by molar-refractivity contribution is -0.0325. The molecule has 7 nitrogen and oxygen atoms in total. The third kappa shape index (κ3) is 4.79. The Bertz CT molecular complexity index is 1530. The lowest BCUT2D eigenvalue weighted by Crippen LogP contribution is -2.56. The smallest absolute Gasteiger partial charge is 0.264 e. The van der Waals surface area contributed by atoms with Gasteiger partial charge in [0.2, 0.25) is 11.8 Å². The van der Waals surface area contributed by atoms with Crippen LogP contribution in [0, 0.1) is 31.1 Å². The molecule has 1 saturated heterocycles. The second-order valence-electron chi connectivity index (χ2n) is 13.0. The second-order valence-corrected chi connectivity index (χ2v) is 14.6. The van der Waals surface area contributed by atoms with E-state index in [9.17, 15) is 8.42 Å². The van der Waals surface area contributed by atoms with Gasteiger partial charge in [0.15, 0.2) is 0 Å². The number of ether oxygens (including phenoxy) is 1. The summed E-state index contributed by atoms with van der Waals surface area (Å²) in [5.41, 5.74) is 4.97. The van der Waals surface area contributed by atoms with Crippen LogP contribution in [0.15, 0.2) is 53.4 Å². The lowest BCUT2D eigenvalue weighted by Gasteiger charge is -2.59. The maximum absolute atomic E-state index is 13.7. The molecule has 212 valence electrons. The molecule has 1 aromatic heterocycles. The van der Waals surface area contributed by atoms with Gasteiger partial charge in [0.25, 0.3) is 10.0 Å². The van der Waals surface area contributed by atoms with Crippen LogP contribution in [0.5, 0.6) is 5.88 Å². The topological polar surface area (TPSA) is 84.4 Å². The zero-order chi connectivity index (χ0) is 28.3. The van der Waals surface area contributed by atoms with Crippen LogP contribution in [-0.4, -0.2) is 50.0 Å². The fourth-order valence-electron chi connectivity index (χ4n) is 7.71. The van der Waals surface area contributed by atoms with Crippen molar-refractivity contribution in [2.24, 2.45) is 17.3 Å². The maximum atomic E-state index is 13.7. The highest BCUT2D eigenvalue weighted by molar-refractivity contribution is 7.92. The van der Waals surface area contributed by atoms with Crippen molar-refractivity contribution >= 4 is 16.0 Å². The zero-order valence-electron chi connectivity index (χ0n) is 24.2. The average Bonchev–Trinajstić information content (AvgIpc) is 3.26. The molecule has 0 radical (unpaired) electrons. The van der Waals surface area contributed by atoms with Gasteiger partial charge < -0.3 is 9.64 Å². The van der Waals surface area contributed by atoms with Gasteiger partial charge in [-0.15, -0.1) is 0 Å². The molecule has 2 fully saturated rings. The summed E-state index contributed by atoms with van der Waals surface area (Å²) in [6.07, 6.45) is 4.27. The first-order chi connectivity index (χ1) is 19.0. The summed E-state index contributed by atoms with van der Waals surface area (Å²) in [5.74, 6) is 1.11. The van der Waals surface area contributed by atoms with Gasteiger partial charge >= 0.3 is 0 Å². The molecular formula is C32H40N4O3S. The molecule has 3 aliphatic rings. The molecule has 4 bridgehead atoms. The van der Waals surface area contributed by atoms with Crippen molar-refractivity contribution in [1.82, 2.24) is 14.9 Å². The van der Waals surface area contributed by atoms with E-state index in [1.807, 2.05) is 50.2 Å². The summed E-state index contributed by atoms with van der Waals surface area (Å²) in [7, 11) is -1.71. The normalized spacial score (nSPS) is 27.5. The number of anilines is 1. The van der Waals surface area contributed by atoms with Gasteiger partial charge in [-0.2, -0.15) is 4.98 Å². The number of aromatic nitrogens is 2. The van der Waals surface area contributed by atoms with Crippen LogP contribution in [0.25, 0.3) is 11.3 Å². The molecule has 1 saturated carbocycles. The molecular weight excluding hydrogens is 520 g/mol. The number of benzene rings is 2. The molecule has 6 rings (SSSR count). The molecule has 3 heterocycles. The van der Waals surface area contributed by atoms with E-state index in [0.717, 1.165) is 54.6 Å². The third-order valence-electron chi connectivity index (χ3n) is 9.36. The highest BCUT2D eigenvalue weighted by atomic mass is 32.2. The quantitative estimate of drug-likeness (QED) is 0.425. The van der Waals surface area contributed by atoms with Crippen molar-refractivity contribution in [3.8, 4) is 17.1 Å². The fraction of sp³-hybridized carbons (Fsp3) is 0.500. The average molecular weight is 561 g/mol. The summed E-state index contributed by atoms with van der Waals surface area (Å²) in [6, 6.07) is 15.5. The van der Waals surface area contributed by atoms with Gasteiger partial charge in [-0.25, -0.2) is 18.1 Å². The zero-order valence-corrected chi connectivity index (χ0v) is 25.0. The van der Waals surface area contributed by atoms with Crippen LogP contribution in [-0.2, 0) is 15.4 Å². The Hall–Kier alpha value is -2.97. The van der Waals surface area contributed by atoms with Crippen LogP contribution in [0.4, 0.5) is 5.95 Å². The van der Waals surface area contributed by atoms with Gasteiger partial charge in [0.05, 0.1) is 17.2 Å². The number of aryl methyl sites for hydroxylation is 2. The molecule has 0 unspecified atom stereocenters. The molecule has 8 heteroatoms. The van der Waals surface area contributed by atoms with E-state index in [1.54, 1.807) is 6.07 Å². The largest absolute Gasteiger partial charge is 0.477 e. The minimum absolute atomic E-state index is 0.0212. The maximum Gasteiger partial charge on any atom is 0.264 e. The van der Waals surface area contributed by atoms with Crippen molar-refractivity contribution in [2.45, 2.75) is 63.7 Å². The van der Waals surface area contributed by atoms with Crippen LogP contribution in [0.2, 0.25) is 0 Å². The van der Waals surface area contributed by atoms with Crippen LogP contribution < -0.4 is 9.46 Å². The van der Waals surface area contributed by atoms with Crippen molar-refractivity contribution in [3.63, 3.8) is 0 Å². The van der Waals surface area contributed by atoms with Crippen LogP contribution in [0.3, 0.4) is 0 Å². The van der Waals surface area contributed by atoms with Crippen molar-refractivity contribution in [1.29, 1.82) is 0 Å². The molecule has 2 aliphatic heterocycles. The standard InChI is InChI=1S/C32H40N4O3S/c1-21(2)14-25-17-39-28-16-27(29-22(3)8-6-9-23(29)4)33-30(34-28)35-40(37,38)26-11-7-10-24(15-26)32(25)18-31(19-32)12-13-36(5)20-31/h6-11,15-16,21,25H,12-14,17-20H2,1-5H3,(H,33,34,35)/t25-,31?,32?/m1/s1.